The van der Waals surface area contributed by atoms with Crippen LogP contribution in [0.2, 0.25) is 0 Å². The molecule has 0 aliphatic carbocycles. The molecule has 1 aliphatic heterocycles. The maximum atomic E-state index is 12.5. The number of nitrogens with one attached hydrogen (secondary N) is 2. The molecular formula is C18H23N3O3. The minimum Gasteiger partial charge on any atom is -0.492 e. The number of hydrogen-bond donors (Lipinski definition) is 2. The lowest BCUT2D eigenvalue weighted by molar-refractivity contribution is 0.102. The van der Waals surface area contributed by atoms with Crippen molar-refractivity contribution >= 4 is 11.6 Å². The van der Waals surface area contributed by atoms with Gasteiger partial charge in [0, 0.05) is 23.7 Å². The Kier molecular flexibility index (Phi) is 4.74. The quantitative estimate of drug-likeness (QED) is 0.852. The molecule has 0 radical (unpaired) electrons. The second kappa shape index (κ2) is 6.95. The normalized spacial score (nSPS) is 15.7. The van der Waals surface area contributed by atoms with Crippen LogP contribution in [0.25, 0.3) is 0 Å². The van der Waals surface area contributed by atoms with E-state index in [2.05, 4.69) is 22.4 Å². The first kappa shape index (κ1) is 16.4. The monoisotopic (exact) mass is 329 g/mol. The van der Waals surface area contributed by atoms with Crippen LogP contribution in [-0.2, 0) is 12.8 Å². The van der Waals surface area contributed by atoms with E-state index in [4.69, 9.17) is 9.47 Å². The summed E-state index contributed by atoms with van der Waals surface area (Å²) in [6.45, 7) is 6.56. The summed E-state index contributed by atoms with van der Waals surface area (Å²) in [6, 6.07) is 5.57. The molecule has 0 saturated heterocycles. The summed E-state index contributed by atoms with van der Waals surface area (Å²) in [5, 5.41) is 9.86. The molecule has 1 atom stereocenters. The molecule has 1 aromatic heterocycles. The van der Waals surface area contributed by atoms with Gasteiger partial charge in [0.15, 0.2) is 5.69 Å². The first-order valence-electron chi connectivity index (χ1n) is 8.42. The minimum atomic E-state index is -0.263. The first-order valence-corrected chi connectivity index (χ1v) is 8.42. The van der Waals surface area contributed by atoms with Gasteiger partial charge < -0.3 is 14.8 Å². The van der Waals surface area contributed by atoms with Crippen molar-refractivity contribution in [3.63, 3.8) is 0 Å². The van der Waals surface area contributed by atoms with Crippen molar-refractivity contribution in [2.75, 3.05) is 11.9 Å². The van der Waals surface area contributed by atoms with Crippen molar-refractivity contribution in [1.82, 2.24) is 10.2 Å². The van der Waals surface area contributed by atoms with Gasteiger partial charge in [-0.1, -0.05) is 13.3 Å². The van der Waals surface area contributed by atoms with Crippen molar-refractivity contribution in [3.8, 4) is 11.5 Å². The molecule has 1 amide bonds. The number of amides is 1. The SMILES string of the molecule is CCCc1cc(C(=O)Nc2cc3c(cc2OCC)C[C@@H](C)O3)n[nH]1. The van der Waals surface area contributed by atoms with Crippen LogP contribution >= 0.6 is 0 Å². The molecule has 0 bridgehead atoms. The third-order valence-electron chi connectivity index (χ3n) is 3.93. The van der Waals surface area contributed by atoms with Crippen LogP contribution in [0.15, 0.2) is 18.2 Å². The number of carbonyl (C=O) groups excluding carboxylic acids is 1. The number of aryl methyl sites for hydroxylation is 1. The number of H-pyrrole nitrogens is 1. The molecule has 0 fully saturated rings. The summed E-state index contributed by atoms with van der Waals surface area (Å²) in [4.78, 5) is 12.5. The Hall–Kier alpha value is -2.50. The number of aromatic amines is 1. The van der Waals surface area contributed by atoms with Crippen LogP contribution in [0, 0.1) is 0 Å². The maximum Gasteiger partial charge on any atom is 0.276 e. The average Bonchev–Trinajstić information content (AvgIpc) is 3.14. The molecule has 128 valence electrons. The molecule has 1 aliphatic rings. The van der Waals surface area contributed by atoms with Crippen LogP contribution in [-0.4, -0.2) is 28.8 Å². The van der Waals surface area contributed by atoms with Gasteiger partial charge in [-0.15, -0.1) is 0 Å². The Morgan fingerprint density at radius 1 is 1.42 bits per heavy atom. The summed E-state index contributed by atoms with van der Waals surface area (Å²) in [5.41, 5.74) is 3.04. The molecule has 2 N–H and O–H groups in total. The number of anilines is 1. The molecule has 24 heavy (non-hydrogen) atoms. The van der Waals surface area contributed by atoms with Crippen molar-refractivity contribution < 1.29 is 14.3 Å². The topological polar surface area (TPSA) is 76.2 Å². The molecule has 1 aromatic carbocycles. The summed E-state index contributed by atoms with van der Waals surface area (Å²) >= 11 is 0. The van der Waals surface area contributed by atoms with Crippen molar-refractivity contribution in [2.24, 2.45) is 0 Å². The summed E-state index contributed by atoms with van der Waals surface area (Å²) in [7, 11) is 0. The number of benzene rings is 1. The van der Waals surface area contributed by atoms with E-state index in [-0.39, 0.29) is 12.0 Å². The van der Waals surface area contributed by atoms with Crippen molar-refractivity contribution in [2.45, 2.75) is 46.1 Å². The van der Waals surface area contributed by atoms with Gasteiger partial charge in [-0.3, -0.25) is 9.89 Å². The van der Waals surface area contributed by atoms with E-state index in [1.165, 1.54) is 0 Å². The number of hydrogen-bond acceptors (Lipinski definition) is 4. The standard InChI is InChI=1S/C18H23N3O3/c1-4-6-13-9-15(21-20-13)18(22)19-14-10-16-12(7-11(3)24-16)8-17(14)23-5-2/h8-11H,4-7H2,1-3H3,(H,19,22)(H,20,21)/t11-/m1/s1. The number of rotatable bonds is 6. The highest BCUT2D eigenvalue weighted by Crippen LogP contribution is 2.38. The number of fused-ring (bicyclic) bond motifs is 1. The Morgan fingerprint density at radius 2 is 2.25 bits per heavy atom. The fourth-order valence-corrected chi connectivity index (χ4v) is 2.87. The number of carbonyl (C=O) groups is 1. The Bertz CT molecular complexity index is 739. The molecule has 0 saturated carbocycles. The molecule has 2 heterocycles. The van der Waals surface area contributed by atoms with Crippen molar-refractivity contribution in [1.29, 1.82) is 0 Å². The van der Waals surface area contributed by atoms with Gasteiger partial charge in [-0.05, 0) is 32.4 Å². The van der Waals surface area contributed by atoms with Gasteiger partial charge in [-0.2, -0.15) is 5.10 Å². The molecule has 3 rings (SSSR count). The minimum absolute atomic E-state index is 0.142. The van der Waals surface area contributed by atoms with Crippen LogP contribution in [0.3, 0.4) is 0 Å². The predicted molar refractivity (Wildman–Crippen MR) is 91.9 cm³/mol. The Labute approximate surface area is 141 Å². The number of aromatic nitrogens is 2. The van der Waals surface area contributed by atoms with Gasteiger partial charge in [0.1, 0.15) is 17.6 Å². The van der Waals surface area contributed by atoms with Crippen LogP contribution in [0.5, 0.6) is 11.5 Å². The lowest BCUT2D eigenvalue weighted by atomic mass is 10.1. The number of ether oxygens (including phenoxy) is 2. The molecule has 0 spiro atoms. The number of nitrogens with zero attached hydrogens (tertiary/aromatic N) is 1. The van der Waals surface area contributed by atoms with Gasteiger partial charge in [0.25, 0.3) is 5.91 Å². The first-order chi connectivity index (χ1) is 11.6. The van der Waals surface area contributed by atoms with E-state index in [1.807, 2.05) is 26.0 Å². The van der Waals surface area contributed by atoms with Crippen LogP contribution in [0.4, 0.5) is 5.69 Å². The largest absolute Gasteiger partial charge is 0.492 e. The van der Waals surface area contributed by atoms with Crippen LogP contribution in [0.1, 0.15) is 48.9 Å². The average molecular weight is 329 g/mol. The van der Waals surface area contributed by atoms with E-state index < -0.39 is 0 Å². The van der Waals surface area contributed by atoms with E-state index in [0.29, 0.717) is 23.7 Å². The van der Waals surface area contributed by atoms with E-state index in [9.17, 15) is 4.79 Å². The maximum absolute atomic E-state index is 12.5. The highest BCUT2D eigenvalue weighted by Gasteiger charge is 2.23. The molecular weight excluding hydrogens is 306 g/mol. The highest BCUT2D eigenvalue weighted by molar-refractivity contribution is 6.04. The van der Waals surface area contributed by atoms with Gasteiger partial charge in [0.2, 0.25) is 0 Å². The van der Waals surface area contributed by atoms with E-state index in [1.54, 1.807) is 6.07 Å². The second-order valence-corrected chi connectivity index (χ2v) is 6.00. The molecule has 2 aromatic rings. The molecule has 6 nitrogen and oxygen atoms in total. The zero-order valence-corrected chi connectivity index (χ0v) is 14.3. The summed E-state index contributed by atoms with van der Waals surface area (Å²) in [6.07, 6.45) is 2.86. The predicted octanol–water partition coefficient (Wildman–Crippen LogP) is 3.34. The summed E-state index contributed by atoms with van der Waals surface area (Å²) < 4.78 is 11.5. The van der Waals surface area contributed by atoms with Gasteiger partial charge in [-0.25, -0.2) is 0 Å². The molecule has 6 heteroatoms. The zero-order chi connectivity index (χ0) is 17.1. The smallest absolute Gasteiger partial charge is 0.276 e. The summed E-state index contributed by atoms with van der Waals surface area (Å²) in [5.74, 6) is 1.20. The van der Waals surface area contributed by atoms with Crippen molar-refractivity contribution in [3.05, 3.63) is 35.2 Å². The third kappa shape index (κ3) is 3.37. The fourth-order valence-electron chi connectivity index (χ4n) is 2.87. The highest BCUT2D eigenvalue weighted by atomic mass is 16.5. The Morgan fingerprint density at radius 3 is 3.00 bits per heavy atom. The molecule has 0 unspecified atom stereocenters. The zero-order valence-electron chi connectivity index (χ0n) is 14.3. The Balaban J connectivity index is 1.82. The lowest BCUT2D eigenvalue weighted by Gasteiger charge is -2.13. The fraction of sp³-hybridized carbons (Fsp3) is 0.444. The van der Waals surface area contributed by atoms with Crippen LogP contribution < -0.4 is 14.8 Å². The van der Waals surface area contributed by atoms with E-state index >= 15 is 0 Å². The van der Waals surface area contributed by atoms with Gasteiger partial charge >= 0.3 is 0 Å². The van der Waals surface area contributed by atoms with E-state index in [0.717, 1.165) is 36.3 Å². The second-order valence-electron chi connectivity index (χ2n) is 6.00. The lowest BCUT2D eigenvalue weighted by Crippen LogP contribution is -2.13. The van der Waals surface area contributed by atoms with Gasteiger partial charge in [0.05, 0.1) is 12.3 Å². The third-order valence-corrected chi connectivity index (χ3v) is 3.93.